The number of ether oxygens (including phenoxy) is 1. The van der Waals surface area contributed by atoms with Crippen molar-refractivity contribution in [3.8, 4) is 5.75 Å². The zero-order valence-electron chi connectivity index (χ0n) is 18.5. The molecule has 168 valence electrons. The van der Waals surface area contributed by atoms with E-state index in [4.69, 9.17) is 9.73 Å². The molecule has 0 amide bonds. The molecule has 1 heterocycles. The lowest BCUT2D eigenvalue weighted by Crippen LogP contribution is -2.47. The van der Waals surface area contributed by atoms with Crippen molar-refractivity contribution in [1.29, 1.82) is 0 Å². The van der Waals surface area contributed by atoms with Gasteiger partial charge in [0.1, 0.15) is 11.9 Å². The third kappa shape index (κ3) is 6.21. The SMILES string of the molecule is CCNC(=NCc1ccc(S(=O)(=O)N(C)C)cc1)N1CCC(Oc2ccccc2)CC1. The van der Waals surface area contributed by atoms with Gasteiger partial charge < -0.3 is 15.0 Å². The van der Waals surface area contributed by atoms with E-state index in [1.165, 1.54) is 18.4 Å². The summed E-state index contributed by atoms with van der Waals surface area (Å²) in [6.07, 6.45) is 2.10. The Hall–Kier alpha value is -2.58. The summed E-state index contributed by atoms with van der Waals surface area (Å²) in [5.41, 5.74) is 0.968. The van der Waals surface area contributed by atoms with E-state index in [9.17, 15) is 8.42 Å². The van der Waals surface area contributed by atoms with E-state index in [2.05, 4.69) is 17.1 Å². The first kappa shape index (κ1) is 23.1. The molecule has 0 atom stereocenters. The summed E-state index contributed by atoms with van der Waals surface area (Å²) in [5.74, 6) is 1.80. The highest BCUT2D eigenvalue weighted by Crippen LogP contribution is 2.19. The molecule has 1 N–H and O–H groups in total. The second kappa shape index (κ2) is 10.6. The lowest BCUT2D eigenvalue weighted by atomic mass is 10.1. The van der Waals surface area contributed by atoms with Gasteiger partial charge in [-0.15, -0.1) is 0 Å². The van der Waals surface area contributed by atoms with Crippen LogP contribution < -0.4 is 10.1 Å². The van der Waals surface area contributed by atoms with E-state index < -0.39 is 10.0 Å². The maximum atomic E-state index is 12.2. The van der Waals surface area contributed by atoms with Crippen molar-refractivity contribution in [3.63, 3.8) is 0 Å². The fourth-order valence-electron chi connectivity index (χ4n) is 3.45. The van der Waals surface area contributed by atoms with Crippen LogP contribution in [0, 0.1) is 0 Å². The molecule has 3 rings (SSSR count). The number of guanidine groups is 1. The Morgan fingerprint density at radius 3 is 2.32 bits per heavy atom. The Morgan fingerprint density at radius 2 is 1.74 bits per heavy atom. The smallest absolute Gasteiger partial charge is 0.242 e. The molecule has 0 spiro atoms. The first-order valence-electron chi connectivity index (χ1n) is 10.7. The normalized spacial score (nSPS) is 15.9. The third-order valence-corrected chi connectivity index (χ3v) is 7.07. The summed E-state index contributed by atoms with van der Waals surface area (Å²) in [4.78, 5) is 7.33. The van der Waals surface area contributed by atoms with Gasteiger partial charge in [-0.3, -0.25) is 0 Å². The molecule has 7 nitrogen and oxygen atoms in total. The summed E-state index contributed by atoms with van der Waals surface area (Å²) in [6.45, 7) is 5.10. The Balaban J connectivity index is 1.59. The van der Waals surface area contributed by atoms with Crippen LogP contribution in [-0.4, -0.2) is 63.4 Å². The molecule has 0 radical (unpaired) electrons. The van der Waals surface area contributed by atoms with Crippen LogP contribution in [0.4, 0.5) is 0 Å². The number of benzene rings is 2. The number of rotatable bonds is 7. The summed E-state index contributed by atoms with van der Waals surface area (Å²) < 4.78 is 31.7. The van der Waals surface area contributed by atoms with Crippen LogP contribution in [0.15, 0.2) is 64.5 Å². The first-order chi connectivity index (χ1) is 14.9. The largest absolute Gasteiger partial charge is 0.490 e. The number of nitrogens with one attached hydrogen (secondary N) is 1. The van der Waals surface area contributed by atoms with E-state index in [0.717, 1.165) is 49.7 Å². The van der Waals surface area contributed by atoms with Crippen molar-refractivity contribution in [2.45, 2.75) is 37.3 Å². The molecule has 1 aliphatic rings. The van der Waals surface area contributed by atoms with Gasteiger partial charge in [0.05, 0.1) is 11.4 Å². The molecule has 1 saturated heterocycles. The molecule has 0 aliphatic carbocycles. The summed E-state index contributed by atoms with van der Waals surface area (Å²) in [7, 11) is -0.349. The number of hydrogen-bond acceptors (Lipinski definition) is 4. The average molecular weight is 445 g/mol. The number of hydrogen-bond donors (Lipinski definition) is 1. The van der Waals surface area contributed by atoms with Gasteiger partial charge in [-0.05, 0) is 36.8 Å². The standard InChI is InChI=1S/C23H32N4O3S/c1-4-24-23(25-18-19-10-12-22(13-11-19)31(28,29)26(2)3)27-16-14-21(15-17-27)30-20-8-6-5-7-9-20/h5-13,21H,4,14-18H2,1-3H3,(H,24,25). The maximum absolute atomic E-state index is 12.2. The van der Waals surface area contributed by atoms with E-state index in [0.29, 0.717) is 6.54 Å². The lowest BCUT2D eigenvalue weighted by molar-refractivity contribution is 0.129. The Labute approximate surface area is 185 Å². The number of piperidine rings is 1. The van der Waals surface area contributed by atoms with E-state index >= 15 is 0 Å². The minimum absolute atomic E-state index is 0.215. The van der Waals surface area contributed by atoms with Crippen LogP contribution in [0.1, 0.15) is 25.3 Å². The molecule has 8 heteroatoms. The zero-order chi connectivity index (χ0) is 22.3. The van der Waals surface area contributed by atoms with Gasteiger partial charge in [-0.2, -0.15) is 0 Å². The summed E-state index contributed by atoms with van der Waals surface area (Å²) >= 11 is 0. The quantitative estimate of drug-likeness (QED) is 0.525. The second-order valence-corrected chi connectivity index (χ2v) is 9.87. The maximum Gasteiger partial charge on any atom is 0.242 e. The van der Waals surface area contributed by atoms with Gasteiger partial charge in [-0.25, -0.2) is 17.7 Å². The van der Waals surface area contributed by atoms with Crippen molar-refractivity contribution in [2.75, 3.05) is 33.7 Å². The van der Waals surface area contributed by atoms with Crippen LogP contribution in [0.3, 0.4) is 0 Å². The van der Waals surface area contributed by atoms with Crippen LogP contribution >= 0.6 is 0 Å². The predicted molar refractivity (Wildman–Crippen MR) is 124 cm³/mol. The minimum atomic E-state index is -3.41. The molecule has 1 aliphatic heterocycles. The molecule has 31 heavy (non-hydrogen) atoms. The van der Waals surface area contributed by atoms with Crippen LogP contribution in [0.5, 0.6) is 5.75 Å². The van der Waals surface area contributed by atoms with Crippen molar-refractivity contribution >= 4 is 16.0 Å². The number of aliphatic imine (C=N–C) groups is 1. The Kier molecular flexibility index (Phi) is 7.92. The fraction of sp³-hybridized carbons (Fsp3) is 0.435. The molecule has 0 aromatic heterocycles. The van der Waals surface area contributed by atoms with Gasteiger partial charge in [0, 0.05) is 46.6 Å². The summed E-state index contributed by atoms with van der Waals surface area (Å²) in [5, 5.41) is 3.37. The van der Waals surface area contributed by atoms with Crippen LogP contribution in [-0.2, 0) is 16.6 Å². The van der Waals surface area contributed by atoms with E-state index in [-0.39, 0.29) is 11.0 Å². The van der Waals surface area contributed by atoms with Crippen LogP contribution in [0.2, 0.25) is 0 Å². The van der Waals surface area contributed by atoms with Gasteiger partial charge in [0.25, 0.3) is 0 Å². The molecule has 2 aromatic carbocycles. The van der Waals surface area contributed by atoms with E-state index in [1.54, 1.807) is 12.1 Å². The third-order valence-electron chi connectivity index (χ3n) is 5.24. The minimum Gasteiger partial charge on any atom is -0.490 e. The number of para-hydroxylation sites is 1. The average Bonchev–Trinajstić information content (AvgIpc) is 2.78. The first-order valence-corrected chi connectivity index (χ1v) is 12.1. The van der Waals surface area contributed by atoms with Gasteiger partial charge >= 0.3 is 0 Å². The Bertz CT molecular complexity index is 952. The topological polar surface area (TPSA) is 74.2 Å². The number of sulfonamides is 1. The molecule has 0 bridgehead atoms. The van der Waals surface area contributed by atoms with Crippen LogP contribution in [0.25, 0.3) is 0 Å². The van der Waals surface area contributed by atoms with Crippen molar-refractivity contribution in [1.82, 2.24) is 14.5 Å². The number of nitrogens with zero attached hydrogens (tertiary/aromatic N) is 3. The second-order valence-electron chi connectivity index (χ2n) is 7.72. The van der Waals surface area contributed by atoms with E-state index in [1.807, 2.05) is 42.5 Å². The number of likely N-dealkylation sites (tertiary alicyclic amines) is 1. The van der Waals surface area contributed by atoms with Gasteiger partial charge in [-0.1, -0.05) is 30.3 Å². The summed E-state index contributed by atoms with van der Waals surface area (Å²) in [6, 6.07) is 16.9. The van der Waals surface area contributed by atoms with Crippen molar-refractivity contribution in [3.05, 3.63) is 60.2 Å². The molecule has 0 saturated carbocycles. The van der Waals surface area contributed by atoms with Crippen molar-refractivity contribution in [2.24, 2.45) is 4.99 Å². The Morgan fingerprint density at radius 1 is 1.10 bits per heavy atom. The molecular weight excluding hydrogens is 412 g/mol. The van der Waals surface area contributed by atoms with Gasteiger partial charge in [0.15, 0.2) is 5.96 Å². The predicted octanol–water partition coefficient (Wildman–Crippen LogP) is 2.95. The zero-order valence-corrected chi connectivity index (χ0v) is 19.3. The monoisotopic (exact) mass is 444 g/mol. The van der Waals surface area contributed by atoms with Crippen molar-refractivity contribution < 1.29 is 13.2 Å². The molecule has 2 aromatic rings. The lowest BCUT2D eigenvalue weighted by Gasteiger charge is -2.34. The molecular formula is C23H32N4O3S. The highest BCUT2D eigenvalue weighted by molar-refractivity contribution is 7.89. The highest BCUT2D eigenvalue weighted by Gasteiger charge is 2.23. The van der Waals surface area contributed by atoms with Gasteiger partial charge in [0.2, 0.25) is 10.0 Å². The highest BCUT2D eigenvalue weighted by atomic mass is 32.2. The molecule has 0 unspecified atom stereocenters. The fourth-order valence-corrected chi connectivity index (χ4v) is 4.35. The molecule has 1 fully saturated rings.